The van der Waals surface area contributed by atoms with Crippen molar-refractivity contribution in [2.24, 2.45) is 5.41 Å². The number of rotatable bonds is 4. The second kappa shape index (κ2) is 5.58. The number of anilines is 1. The number of benzene rings is 1. The Kier molecular flexibility index (Phi) is 4.16. The quantitative estimate of drug-likeness (QED) is 0.891. The number of halogens is 3. The molecule has 0 radical (unpaired) electrons. The highest BCUT2D eigenvalue weighted by molar-refractivity contribution is 5.95. The van der Waals surface area contributed by atoms with Gasteiger partial charge in [0.2, 0.25) is 0 Å². The molecule has 0 aliphatic heterocycles. The standard InChI is InChI=1S/C15H19F3N2O/c1-14(6-3-7-14)9-20-13(21)10-4-5-12(19-2)11(8-10)15(16,17)18/h4-5,8,19H,3,6-7,9H2,1-2H3,(H,20,21). The summed E-state index contributed by atoms with van der Waals surface area (Å²) >= 11 is 0. The van der Waals surface area contributed by atoms with Crippen molar-refractivity contribution in [1.29, 1.82) is 0 Å². The Hall–Kier alpha value is -1.72. The lowest BCUT2D eigenvalue weighted by atomic mass is 9.70. The Morgan fingerprint density at radius 3 is 2.48 bits per heavy atom. The molecule has 21 heavy (non-hydrogen) atoms. The summed E-state index contributed by atoms with van der Waals surface area (Å²) in [5, 5.41) is 5.22. The number of hydrogen-bond acceptors (Lipinski definition) is 2. The third-order valence-electron chi connectivity index (χ3n) is 4.09. The smallest absolute Gasteiger partial charge is 0.388 e. The summed E-state index contributed by atoms with van der Waals surface area (Å²) in [4.78, 5) is 12.0. The minimum absolute atomic E-state index is 0.0317. The van der Waals surface area contributed by atoms with Crippen LogP contribution in [0.15, 0.2) is 18.2 Å². The number of nitrogens with one attached hydrogen (secondary N) is 2. The van der Waals surface area contributed by atoms with Crippen LogP contribution in [0, 0.1) is 5.41 Å². The minimum atomic E-state index is -4.49. The van der Waals surface area contributed by atoms with Crippen molar-refractivity contribution in [2.75, 3.05) is 18.9 Å². The Morgan fingerprint density at radius 1 is 1.33 bits per heavy atom. The van der Waals surface area contributed by atoms with Gasteiger partial charge in [-0.15, -0.1) is 0 Å². The van der Waals surface area contributed by atoms with Crippen LogP contribution in [0.5, 0.6) is 0 Å². The molecule has 0 unspecified atom stereocenters. The highest BCUT2D eigenvalue weighted by Crippen LogP contribution is 2.39. The molecule has 0 aromatic heterocycles. The number of hydrogen-bond donors (Lipinski definition) is 2. The van der Waals surface area contributed by atoms with Crippen molar-refractivity contribution >= 4 is 11.6 Å². The molecule has 0 heterocycles. The largest absolute Gasteiger partial charge is 0.418 e. The maximum Gasteiger partial charge on any atom is 0.418 e. The maximum atomic E-state index is 12.9. The van der Waals surface area contributed by atoms with E-state index in [1.807, 2.05) is 0 Å². The van der Waals surface area contributed by atoms with Crippen molar-refractivity contribution in [2.45, 2.75) is 32.4 Å². The van der Waals surface area contributed by atoms with E-state index in [4.69, 9.17) is 0 Å². The lowest BCUT2D eigenvalue weighted by Crippen LogP contribution is -2.40. The summed E-state index contributed by atoms with van der Waals surface area (Å²) in [5.41, 5.74) is -0.741. The van der Waals surface area contributed by atoms with Crippen molar-refractivity contribution in [3.8, 4) is 0 Å². The number of alkyl halides is 3. The van der Waals surface area contributed by atoms with Crippen LogP contribution in [-0.2, 0) is 6.18 Å². The van der Waals surface area contributed by atoms with Gasteiger partial charge in [0.15, 0.2) is 0 Å². The van der Waals surface area contributed by atoms with Gasteiger partial charge in [0.1, 0.15) is 0 Å². The van der Waals surface area contributed by atoms with Crippen LogP contribution >= 0.6 is 0 Å². The van der Waals surface area contributed by atoms with Crippen LogP contribution in [0.2, 0.25) is 0 Å². The molecule has 0 saturated heterocycles. The van der Waals surface area contributed by atoms with Crippen LogP contribution in [-0.4, -0.2) is 19.5 Å². The summed E-state index contributed by atoms with van der Waals surface area (Å²) in [6.07, 6.45) is -1.27. The molecular weight excluding hydrogens is 281 g/mol. The van der Waals surface area contributed by atoms with E-state index in [2.05, 4.69) is 17.6 Å². The highest BCUT2D eigenvalue weighted by atomic mass is 19.4. The maximum absolute atomic E-state index is 12.9. The summed E-state index contributed by atoms with van der Waals surface area (Å²) in [7, 11) is 1.42. The first kappa shape index (κ1) is 15.7. The minimum Gasteiger partial charge on any atom is -0.388 e. The van der Waals surface area contributed by atoms with E-state index in [9.17, 15) is 18.0 Å². The van der Waals surface area contributed by atoms with Gasteiger partial charge in [-0.25, -0.2) is 0 Å². The van der Waals surface area contributed by atoms with E-state index in [0.717, 1.165) is 25.3 Å². The van der Waals surface area contributed by atoms with Crippen LogP contribution in [0.1, 0.15) is 42.1 Å². The van der Waals surface area contributed by atoms with E-state index in [0.29, 0.717) is 6.54 Å². The van der Waals surface area contributed by atoms with Gasteiger partial charge in [0, 0.05) is 24.8 Å². The van der Waals surface area contributed by atoms with Gasteiger partial charge in [-0.3, -0.25) is 4.79 Å². The molecule has 0 bridgehead atoms. The summed E-state index contributed by atoms with van der Waals surface area (Å²) in [5.74, 6) is -0.462. The van der Waals surface area contributed by atoms with Crippen LogP contribution in [0.25, 0.3) is 0 Å². The fourth-order valence-electron chi connectivity index (χ4n) is 2.49. The zero-order chi connectivity index (χ0) is 15.7. The van der Waals surface area contributed by atoms with Gasteiger partial charge in [0.05, 0.1) is 5.56 Å². The summed E-state index contributed by atoms with van der Waals surface area (Å²) in [6.45, 7) is 2.57. The SMILES string of the molecule is CNc1ccc(C(=O)NCC2(C)CCC2)cc1C(F)(F)F. The molecule has 1 aromatic rings. The first-order valence-electron chi connectivity index (χ1n) is 6.92. The van der Waals surface area contributed by atoms with Gasteiger partial charge in [0.25, 0.3) is 5.91 Å². The molecule has 6 heteroatoms. The molecule has 1 aliphatic rings. The Labute approximate surface area is 121 Å². The second-order valence-corrected chi connectivity index (χ2v) is 5.86. The van der Waals surface area contributed by atoms with Gasteiger partial charge in [-0.05, 0) is 36.5 Å². The summed E-state index contributed by atoms with van der Waals surface area (Å²) in [6, 6.07) is 3.58. The van der Waals surface area contributed by atoms with E-state index in [1.54, 1.807) is 0 Å². The van der Waals surface area contributed by atoms with E-state index in [-0.39, 0.29) is 16.7 Å². The van der Waals surface area contributed by atoms with Gasteiger partial charge in [-0.2, -0.15) is 13.2 Å². The zero-order valence-electron chi connectivity index (χ0n) is 12.1. The van der Waals surface area contributed by atoms with Crippen molar-refractivity contribution in [1.82, 2.24) is 5.32 Å². The summed E-state index contributed by atoms with van der Waals surface area (Å²) < 4.78 is 38.8. The molecule has 1 fully saturated rings. The Balaban J connectivity index is 2.14. The fourth-order valence-corrected chi connectivity index (χ4v) is 2.49. The highest BCUT2D eigenvalue weighted by Gasteiger charge is 2.35. The topological polar surface area (TPSA) is 41.1 Å². The zero-order valence-corrected chi connectivity index (χ0v) is 12.1. The molecule has 2 rings (SSSR count). The first-order valence-corrected chi connectivity index (χ1v) is 6.92. The molecule has 1 aliphatic carbocycles. The van der Waals surface area contributed by atoms with Crippen molar-refractivity contribution in [3.63, 3.8) is 0 Å². The van der Waals surface area contributed by atoms with E-state index in [1.165, 1.54) is 19.2 Å². The van der Waals surface area contributed by atoms with Crippen molar-refractivity contribution < 1.29 is 18.0 Å². The molecule has 116 valence electrons. The predicted octanol–water partition coefficient (Wildman–Crippen LogP) is 3.67. The molecule has 0 atom stereocenters. The van der Waals surface area contributed by atoms with E-state index >= 15 is 0 Å². The number of carbonyl (C=O) groups excluding carboxylic acids is 1. The molecular formula is C15H19F3N2O. The first-order chi connectivity index (χ1) is 9.75. The Bertz CT molecular complexity index is 536. The van der Waals surface area contributed by atoms with Gasteiger partial charge >= 0.3 is 6.18 Å². The normalized spacial score (nSPS) is 17.0. The monoisotopic (exact) mass is 300 g/mol. The van der Waals surface area contributed by atoms with Crippen molar-refractivity contribution in [3.05, 3.63) is 29.3 Å². The average molecular weight is 300 g/mol. The Morgan fingerprint density at radius 2 is 2.00 bits per heavy atom. The average Bonchev–Trinajstić information content (AvgIpc) is 2.41. The molecule has 2 N–H and O–H groups in total. The third kappa shape index (κ3) is 3.49. The van der Waals surface area contributed by atoms with Crippen LogP contribution in [0.4, 0.5) is 18.9 Å². The predicted molar refractivity (Wildman–Crippen MR) is 75.3 cm³/mol. The third-order valence-corrected chi connectivity index (χ3v) is 4.09. The molecule has 1 aromatic carbocycles. The lowest BCUT2D eigenvalue weighted by Gasteiger charge is -2.38. The number of amides is 1. The van der Waals surface area contributed by atoms with Crippen LogP contribution < -0.4 is 10.6 Å². The van der Waals surface area contributed by atoms with Gasteiger partial charge < -0.3 is 10.6 Å². The van der Waals surface area contributed by atoms with Crippen LogP contribution in [0.3, 0.4) is 0 Å². The second-order valence-electron chi connectivity index (χ2n) is 5.86. The molecule has 3 nitrogen and oxygen atoms in total. The van der Waals surface area contributed by atoms with E-state index < -0.39 is 17.6 Å². The molecule has 0 spiro atoms. The van der Waals surface area contributed by atoms with Gasteiger partial charge in [-0.1, -0.05) is 13.3 Å². The fraction of sp³-hybridized carbons (Fsp3) is 0.533. The lowest BCUT2D eigenvalue weighted by molar-refractivity contribution is -0.136. The molecule has 1 amide bonds. The molecule has 1 saturated carbocycles. The number of carbonyl (C=O) groups is 1.